The maximum atomic E-state index is 3.95. The van der Waals surface area contributed by atoms with Crippen LogP contribution >= 0.6 is 0 Å². The maximum absolute atomic E-state index is 3.95. The van der Waals surface area contributed by atoms with Crippen molar-refractivity contribution < 1.29 is 0 Å². The second-order valence-corrected chi connectivity index (χ2v) is 9.02. The largest absolute Gasteiger partial charge is 0.312 e. The summed E-state index contributed by atoms with van der Waals surface area (Å²) in [6.07, 6.45) is 10.8. The molecule has 0 amide bonds. The average Bonchev–Trinajstić information content (AvgIpc) is 2.47. The molecule has 0 aliphatic carbocycles. The van der Waals surface area contributed by atoms with Gasteiger partial charge in [-0.3, -0.25) is 0 Å². The van der Waals surface area contributed by atoms with Crippen molar-refractivity contribution in [2.24, 2.45) is 11.3 Å². The minimum atomic E-state index is 0.162. The van der Waals surface area contributed by atoms with E-state index in [1.165, 1.54) is 51.4 Å². The zero-order chi connectivity index (χ0) is 18.6. The van der Waals surface area contributed by atoms with E-state index >= 15 is 0 Å². The zero-order valence-corrected chi connectivity index (χ0v) is 18.2. The van der Waals surface area contributed by atoms with Crippen LogP contribution < -0.4 is 10.6 Å². The van der Waals surface area contributed by atoms with Crippen LogP contribution in [0.4, 0.5) is 0 Å². The average molecular weight is 341 g/mol. The van der Waals surface area contributed by atoms with Crippen LogP contribution in [0.15, 0.2) is 0 Å². The fourth-order valence-electron chi connectivity index (χ4n) is 4.29. The summed E-state index contributed by atoms with van der Waals surface area (Å²) in [5, 5.41) is 7.81. The van der Waals surface area contributed by atoms with Crippen molar-refractivity contribution in [2.75, 3.05) is 13.1 Å². The molecule has 0 aliphatic heterocycles. The monoisotopic (exact) mass is 340 g/mol. The number of rotatable bonds is 14. The van der Waals surface area contributed by atoms with Crippen molar-refractivity contribution >= 4 is 0 Å². The smallest absolute Gasteiger partial charge is 0.0386 e. The van der Waals surface area contributed by atoms with Crippen LogP contribution in [0, 0.1) is 11.3 Å². The van der Waals surface area contributed by atoms with Crippen molar-refractivity contribution in [3.8, 4) is 0 Å². The van der Waals surface area contributed by atoms with Gasteiger partial charge in [-0.2, -0.15) is 0 Å². The van der Waals surface area contributed by atoms with Crippen molar-refractivity contribution in [1.29, 1.82) is 0 Å². The number of nitrogens with one attached hydrogen (secondary N) is 2. The van der Waals surface area contributed by atoms with Gasteiger partial charge < -0.3 is 10.6 Å². The van der Waals surface area contributed by atoms with E-state index in [1.54, 1.807) is 0 Å². The molecule has 0 aliphatic rings. The Morgan fingerprint density at radius 3 is 1.83 bits per heavy atom. The molecule has 0 spiro atoms. The molecule has 2 atom stereocenters. The molecular weight excluding hydrogens is 292 g/mol. The van der Waals surface area contributed by atoms with Crippen LogP contribution in [-0.4, -0.2) is 24.7 Å². The van der Waals surface area contributed by atoms with Crippen molar-refractivity contribution in [3.63, 3.8) is 0 Å². The topological polar surface area (TPSA) is 24.1 Å². The van der Waals surface area contributed by atoms with Gasteiger partial charge in [-0.25, -0.2) is 0 Å². The predicted octanol–water partition coefficient (Wildman–Crippen LogP) is 6.16. The Labute approximate surface area is 154 Å². The van der Waals surface area contributed by atoms with Crippen LogP contribution in [0.5, 0.6) is 0 Å². The van der Waals surface area contributed by atoms with E-state index in [-0.39, 0.29) is 11.0 Å². The third-order valence-corrected chi connectivity index (χ3v) is 5.45. The summed E-state index contributed by atoms with van der Waals surface area (Å²) in [5.41, 5.74) is 0.400. The highest BCUT2D eigenvalue weighted by molar-refractivity contribution is 5.06. The van der Waals surface area contributed by atoms with Crippen LogP contribution in [0.2, 0.25) is 0 Å². The molecule has 2 unspecified atom stereocenters. The third kappa shape index (κ3) is 7.87. The lowest BCUT2D eigenvalue weighted by atomic mass is 9.64. The lowest BCUT2D eigenvalue weighted by Gasteiger charge is -2.52. The van der Waals surface area contributed by atoms with Gasteiger partial charge in [0.2, 0.25) is 0 Å². The van der Waals surface area contributed by atoms with Gasteiger partial charge in [0.15, 0.2) is 0 Å². The molecule has 0 aromatic heterocycles. The van der Waals surface area contributed by atoms with E-state index in [0.717, 1.165) is 13.1 Å². The zero-order valence-electron chi connectivity index (χ0n) is 18.2. The van der Waals surface area contributed by atoms with Crippen LogP contribution in [-0.2, 0) is 0 Å². The van der Waals surface area contributed by atoms with E-state index in [9.17, 15) is 0 Å². The maximum Gasteiger partial charge on any atom is 0.0386 e. The summed E-state index contributed by atoms with van der Waals surface area (Å²) >= 11 is 0. The Hall–Kier alpha value is -0.0800. The van der Waals surface area contributed by atoms with Gasteiger partial charge >= 0.3 is 0 Å². The van der Waals surface area contributed by atoms with Crippen LogP contribution in [0.3, 0.4) is 0 Å². The van der Waals surface area contributed by atoms with Gasteiger partial charge in [0.25, 0.3) is 0 Å². The van der Waals surface area contributed by atoms with Gasteiger partial charge in [0, 0.05) is 11.6 Å². The van der Waals surface area contributed by atoms with Crippen molar-refractivity contribution in [2.45, 2.75) is 118 Å². The fraction of sp³-hybridized carbons (Fsp3) is 1.00. The number of hydrogen-bond acceptors (Lipinski definition) is 2. The Bertz CT molecular complexity index is 293. The van der Waals surface area contributed by atoms with E-state index in [4.69, 9.17) is 0 Å². The summed E-state index contributed by atoms with van der Waals surface area (Å²) in [5.74, 6) is 0.703. The molecule has 2 N–H and O–H groups in total. The fourth-order valence-corrected chi connectivity index (χ4v) is 4.29. The summed E-state index contributed by atoms with van der Waals surface area (Å²) in [6.45, 7) is 20.9. The van der Waals surface area contributed by atoms with E-state index in [2.05, 4.69) is 66.0 Å². The first-order valence-corrected chi connectivity index (χ1v) is 10.7. The SMILES string of the molecule is CCCCCCCCC(NCC)C(CC(C)C)(NCC)C(C)(C)C. The lowest BCUT2D eigenvalue weighted by Crippen LogP contribution is -2.67. The van der Waals surface area contributed by atoms with Gasteiger partial charge in [-0.1, -0.05) is 93.9 Å². The first-order chi connectivity index (χ1) is 11.2. The predicted molar refractivity (Wildman–Crippen MR) is 111 cm³/mol. The number of hydrogen-bond donors (Lipinski definition) is 2. The molecule has 0 radical (unpaired) electrons. The minimum Gasteiger partial charge on any atom is -0.312 e. The normalized spacial score (nSPS) is 16.4. The quantitative estimate of drug-likeness (QED) is 0.370. The van der Waals surface area contributed by atoms with Crippen LogP contribution in [0.25, 0.3) is 0 Å². The summed E-state index contributed by atoms with van der Waals surface area (Å²) in [4.78, 5) is 0. The molecule has 0 fully saturated rings. The van der Waals surface area contributed by atoms with Gasteiger partial charge in [-0.05, 0) is 37.3 Å². The molecule has 0 bridgehead atoms. The van der Waals surface area contributed by atoms with Gasteiger partial charge in [0.05, 0.1) is 0 Å². The molecule has 0 rings (SSSR count). The first kappa shape index (κ1) is 23.9. The van der Waals surface area contributed by atoms with E-state index in [1.807, 2.05) is 0 Å². The molecule has 0 saturated carbocycles. The Balaban J connectivity index is 5.08. The molecule has 24 heavy (non-hydrogen) atoms. The second-order valence-electron chi connectivity index (χ2n) is 9.02. The molecule has 0 saturated heterocycles. The molecule has 0 aromatic carbocycles. The Kier molecular flexibility index (Phi) is 12.3. The number of likely N-dealkylation sites (N-methyl/N-ethyl adjacent to an activating group) is 2. The molecule has 0 heterocycles. The first-order valence-electron chi connectivity index (χ1n) is 10.7. The lowest BCUT2D eigenvalue weighted by molar-refractivity contribution is 0.0619. The molecule has 2 heteroatoms. The minimum absolute atomic E-state index is 0.162. The van der Waals surface area contributed by atoms with Crippen LogP contribution in [0.1, 0.15) is 107 Å². The summed E-state index contributed by atoms with van der Waals surface area (Å²) in [7, 11) is 0. The number of unbranched alkanes of at least 4 members (excludes halogenated alkanes) is 5. The molecule has 146 valence electrons. The Morgan fingerprint density at radius 2 is 1.38 bits per heavy atom. The summed E-state index contributed by atoms with van der Waals surface area (Å²) < 4.78 is 0. The standard InChI is InChI=1S/C22H48N2/c1-9-12-13-14-15-16-17-20(23-10-2)22(24-11-3,18-19(4)5)21(6,7)8/h19-20,23-24H,9-18H2,1-8H3. The summed E-state index contributed by atoms with van der Waals surface area (Å²) in [6, 6.07) is 0.552. The van der Waals surface area contributed by atoms with Crippen molar-refractivity contribution in [1.82, 2.24) is 10.6 Å². The highest BCUT2D eigenvalue weighted by atomic mass is 15.1. The molecule has 0 aromatic rings. The van der Waals surface area contributed by atoms with Gasteiger partial charge in [0.1, 0.15) is 0 Å². The second kappa shape index (κ2) is 12.3. The van der Waals surface area contributed by atoms with E-state index in [0.29, 0.717) is 12.0 Å². The van der Waals surface area contributed by atoms with Gasteiger partial charge in [-0.15, -0.1) is 0 Å². The van der Waals surface area contributed by atoms with Crippen molar-refractivity contribution in [3.05, 3.63) is 0 Å². The molecular formula is C22H48N2. The van der Waals surface area contributed by atoms with E-state index < -0.39 is 0 Å². The highest BCUT2D eigenvalue weighted by Gasteiger charge is 2.46. The molecule has 2 nitrogen and oxygen atoms in total. The third-order valence-electron chi connectivity index (χ3n) is 5.45. The Morgan fingerprint density at radius 1 is 0.792 bits per heavy atom. The highest BCUT2D eigenvalue weighted by Crippen LogP contribution is 2.40.